The van der Waals surface area contributed by atoms with Gasteiger partial charge in [-0.25, -0.2) is 4.98 Å². The topological polar surface area (TPSA) is 92.4 Å². The van der Waals surface area contributed by atoms with Crippen LogP contribution in [-0.4, -0.2) is 29.9 Å². The van der Waals surface area contributed by atoms with Crippen molar-refractivity contribution in [3.8, 4) is 16.3 Å². The van der Waals surface area contributed by atoms with Gasteiger partial charge in [0.25, 0.3) is 0 Å². The summed E-state index contributed by atoms with van der Waals surface area (Å²) in [6, 6.07) is 18.6. The fourth-order valence-corrected chi connectivity index (χ4v) is 4.57. The first-order valence-corrected chi connectivity index (χ1v) is 11.6. The van der Waals surface area contributed by atoms with Crippen LogP contribution in [0.25, 0.3) is 20.8 Å². The molecule has 4 rings (SSSR count). The summed E-state index contributed by atoms with van der Waals surface area (Å²) in [5.41, 5.74) is 5.12. The molecule has 0 aliphatic carbocycles. The van der Waals surface area contributed by atoms with Crippen LogP contribution >= 0.6 is 11.3 Å². The molecule has 0 spiro atoms. The van der Waals surface area contributed by atoms with Crippen molar-refractivity contribution in [2.45, 2.75) is 26.8 Å². The summed E-state index contributed by atoms with van der Waals surface area (Å²) in [6.45, 7) is 5.27. The number of anilines is 3. The number of thiazole rings is 1. The number of carbonyl (C=O) groups is 2. The van der Waals surface area contributed by atoms with Crippen LogP contribution in [0.3, 0.4) is 0 Å². The van der Waals surface area contributed by atoms with Gasteiger partial charge in [0.1, 0.15) is 16.8 Å². The number of aromatic nitrogens is 1. The Labute approximate surface area is 202 Å². The second-order valence-corrected chi connectivity index (χ2v) is 9.05. The van der Waals surface area contributed by atoms with Crippen LogP contribution in [0.2, 0.25) is 0 Å². The highest BCUT2D eigenvalue weighted by molar-refractivity contribution is 7.21. The molecule has 0 saturated heterocycles. The highest BCUT2D eigenvalue weighted by Gasteiger charge is 2.16. The molecule has 0 aliphatic heterocycles. The van der Waals surface area contributed by atoms with E-state index < -0.39 is 6.04 Å². The Balaban J connectivity index is 1.43. The maximum Gasteiger partial charge on any atom is 0.246 e. The van der Waals surface area contributed by atoms with Crippen LogP contribution < -0.4 is 20.7 Å². The number of carbonyl (C=O) groups excluding carboxylic acids is 2. The average Bonchev–Trinajstić information content (AvgIpc) is 3.22. The highest BCUT2D eigenvalue weighted by atomic mass is 32.1. The maximum absolute atomic E-state index is 12.8. The van der Waals surface area contributed by atoms with Crippen LogP contribution in [0.4, 0.5) is 17.1 Å². The van der Waals surface area contributed by atoms with Gasteiger partial charge in [-0.15, -0.1) is 11.3 Å². The average molecular weight is 475 g/mol. The molecule has 0 saturated carbocycles. The van der Waals surface area contributed by atoms with Crippen molar-refractivity contribution in [1.29, 1.82) is 0 Å². The Bertz CT molecular complexity index is 1350. The van der Waals surface area contributed by atoms with Crippen molar-refractivity contribution in [1.82, 2.24) is 4.98 Å². The molecule has 34 heavy (non-hydrogen) atoms. The van der Waals surface area contributed by atoms with Gasteiger partial charge in [0.05, 0.1) is 23.0 Å². The Kier molecular flexibility index (Phi) is 6.79. The lowest BCUT2D eigenvalue weighted by Crippen LogP contribution is -2.32. The lowest BCUT2D eigenvalue weighted by atomic mass is 10.2. The Morgan fingerprint density at radius 3 is 2.41 bits per heavy atom. The first kappa shape index (κ1) is 23.3. The first-order valence-electron chi connectivity index (χ1n) is 10.8. The van der Waals surface area contributed by atoms with E-state index in [0.717, 1.165) is 20.8 Å². The maximum atomic E-state index is 12.8. The van der Waals surface area contributed by atoms with Crippen molar-refractivity contribution < 1.29 is 14.3 Å². The predicted molar refractivity (Wildman–Crippen MR) is 139 cm³/mol. The molecule has 0 fully saturated rings. The molecular weight excluding hydrogens is 448 g/mol. The van der Waals surface area contributed by atoms with Crippen molar-refractivity contribution in [3.63, 3.8) is 0 Å². The fourth-order valence-electron chi connectivity index (χ4n) is 3.50. The molecule has 3 N–H and O–H groups in total. The smallest absolute Gasteiger partial charge is 0.246 e. The minimum Gasteiger partial charge on any atom is -0.495 e. The molecule has 174 valence electrons. The monoisotopic (exact) mass is 474 g/mol. The van der Waals surface area contributed by atoms with Gasteiger partial charge in [-0.2, -0.15) is 0 Å². The lowest BCUT2D eigenvalue weighted by Gasteiger charge is -2.18. The number of amides is 2. The highest BCUT2D eigenvalue weighted by Crippen LogP contribution is 2.32. The van der Waals surface area contributed by atoms with Gasteiger partial charge in [0, 0.05) is 23.9 Å². The van der Waals surface area contributed by atoms with Crippen LogP contribution in [0.5, 0.6) is 5.75 Å². The lowest BCUT2D eigenvalue weighted by molar-refractivity contribution is -0.116. The van der Waals surface area contributed by atoms with Gasteiger partial charge < -0.3 is 20.7 Å². The zero-order valence-corrected chi connectivity index (χ0v) is 20.2. The summed E-state index contributed by atoms with van der Waals surface area (Å²) in [4.78, 5) is 28.9. The molecule has 3 aromatic carbocycles. The van der Waals surface area contributed by atoms with Gasteiger partial charge in [-0.1, -0.05) is 6.07 Å². The molecule has 0 bridgehead atoms. The number of hydrogen-bond acceptors (Lipinski definition) is 6. The quantitative estimate of drug-likeness (QED) is 0.321. The molecule has 1 aromatic heterocycles. The molecule has 7 nitrogen and oxygen atoms in total. The number of ether oxygens (including phenoxy) is 1. The third kappa shape index (κ3) is 5.35. The molecule has 8 heteroatoms. The van der Waals surface area contributed by atoms with Crippen molar-refractivity contribution in [2.75, 3.05) is 23.1 Å². The summed E-state index contributed by atoms with van der Waals surface area (Å²) < 4.78 is 6.53. The van der Waals surface area contributed by atoms with Crippen molar-refractivity contribution in [2.24, 2.45) is 0 Å². The first-order chi connectivity index (χ1) is 16.3. The normalized spacial score (nSPS) is 11.6. The summed E-state index contributed by atoms with van der Waals surface area (Å²) in [5, 5.41) is 9.76. The second kappa shape index (κ2) is 9.93. The van der Waals surface area contributed by atoms with Gasteiger partial charge in [0.2, 0.25) is 11.8 Å². The Morgan fingerprint density at radius 1 is 0.971 bits per heavy atom. The molecule has 2 amide bonds. The number of nitrogens with one attached hydrogen (secondary N) is 3. The zero-order valence-electron chi connectivity index (χ0n) is 19.4. The van der Waals surface area contributed by atoms with Crippen LogP contribution in [0.1, 0.15) is 19.4 Å². The number of hydrogen-bond donors (Lipinski definition) is 3. The third-order valence-corrected chi connectivity index (χ3v) is 6.30. The Hall–Kier alpha value is -3.91. The van der Waals surface area contributed by atoms with E-state index in [9.17, 15) is 9.59 Å². The number of benzene rings is 3. The summed E-state index contributed by atoms with van der Waals surface area (Å²) in [6.07, 6.45) is 0. The van der Waals surface area contributed by atoms with Crippen molar-refractivity contribution in [3.05, 3.63) is 66.2 Å². The molecule has 4 aromatic rings. The van der Waals surface area contributed by atoms with Gasteiger partial charge in [-0.05, 0) is 74.0 Å². The van der Waals surface area contributed by atoms with Gasteiger partial charge in [-0.3, -0.25) is 9.59 Å². The standard InChI is InChI=1S/C26H26N4O3S/c1-15-5-11-21-24(13-15)34-26(30-21)18-6-8-19(9-7-18)29-25(32)16(2)27-22-14-20(28-17(3)31)10-12-23(22)33-4/h5-14,16,27H,1-4H3,(H,28,31)(H,29,32). The van der Waals surface area contributed by atoms with E-state index in [1.54, 1.807) is 43.6 Å². The predicted octanol–water partition coefficient (Wildman–Crippen LogP) is 5.68. The SMILES string of the molecule is COc1ccc(NC(C)=O)cc1NC(C)C(=O)Nc1ccc(-c2nc3ccc(C)cc3s2)cc1. The number of rotatable bonds is 7. The van der Waals surface area contributed by atoms with E-state index in [-0.39, 0.29) is 11.8 Å². The van der Waals surface area contributed by atoms with E-state index in [4.69, 9.17) is 9.72 Å². The third-order valence-electron chi connectivity index (χ3n) is 5.23. The van der Waals surface area contributed by atoms with E-state index in [2.05, 4.69) is 35.0 Å². The van der Waals surface area contributed by atoms with Crippen LogP contribution in [0, 0.1) is 6.92 Å². The fraction of sp³-hybridized carbons (Fsp3) is 0.192. The number of fused-ring (bicyclic) bond motifs is 1. The zero-order chi connectivity index (χ0) is 24.2. The second-order valence-electron chi connectivity index (χ2n) is 8.02. The molecule has 1 atom stereocenters. The summed E-state index contributed by atoms with van der Waals surface area (Å²) in [5.74, 6) is 0.200. The van der Waals surface area contributed by atoms with Crippen LogP contribution in [0.15, 0.2) is 60.7 Å². The molecule has 1 unspecified atom stereocenters. The molecule has 1 heterocycles. The number of aryl methyl sites for hydroxylation is 1. The van der Waals surface area contributed by atoms with Gasteiger partial charge >= 0.3 is 0 Å². The van der Waals surface area contributed by atoms with Gasteiger partial charge in [0.15, 0.2) is 0 Å². The minimum atomic E-state index is -0.548. The van der Waals surface area contributed by atoms with E-state index in [1.807, 2.05) is 30.3 Å². The molecule has 0 aliphatic rings. The molecule has 0 radical (unpaired) electrons. The van der Waals surface area contributed by atoms with E-state index >= 15 is 0 Å². The van der Waals surface area contributed by atoms with E-state index in [1.165, 1.54) is 12.5 Å². The summed E-state index contributed by atoms with van der Waals surface area (Å²) in [7, 11) is 1.55. The molecular formula is C26H26N4O3S. The van der Waals surface area contributed by atoms with Crippen molar-refractivity contribution >= 4 is 50.4 Å². The number of nitrogens with zero attached hydrogens (tertiary/aromatic N) is 1. The van der Waals surface area contributed by atoms with E-state index in [0.29, 0.717) is 22.8 Å². The van der Waals surface area contributed by atoms with Crippen LogP contribution in [-0.2, 0) is 9.59 Å². The Morgan fingerprint density at radius 2 is 1.71 bits per heavy atom. The number of methoxy groups -OCH3 is 1. The largest absolute Gasteiger partial charge is 0.495 e. The summed E-state index contributed by atoms with van der Waals surface area (Å²) >= 11 is 1.65. The minimum absolute atomic E-state index is 0.175.